The molecule has 7 heteroatoms. The molecule has 1 fully saturated rings. The maximum absolute atomic E-state index is 5.91. The van der Waals surface area contributed by atoms with E-state index in [1.165, 1.54) is 17.5 Å². The van der Waals surface area contributed by atoms with Crippen molar-refractivity contribution in [2.24, 2.45) is 0 Å². The molecule has 1 saturated heterocycles. The molecule has 2 aromatic rings. The van der Waals surface area contributed by atoms with Crippen molar-refractivity contribution in [3.05, 3.63) is 11.2 Å². The Hall–Kier alpha value is -1.43. The van der Waals surface area contributed by atoms with Crippen LogP contribution in [0.5, 0.6) is 0 Å². The van der Waals surface area contributed by atoms with Crippen molar-refractivity contribution in [2.45, 2.75) is 12.8 Å². The quantitative estimate of drug-likeness (QED) is 0.716. The van der Waals surface area contributed by atoms with Crippen LogP contribution >= 0.6 is 11.6 Å². The van der Waals surface area contributed by atoms with Gasteiger partial charge in [-0.05, 0) is 23.3 Å². The lowest BCUT2D eigenvalue weighted by Crippen LogP contribution is -2.19. The minimum absolute atomic E-state index is 0.414. The van der Waals surface area contributed by atoms with E-state index >= 15 is 0 Å². The lowest BCUT2D eigenvalue weighted by Gasteiger charge is -2.16. The van der Waals surface area contributed by atoms with E-state index in [0.29, 0.717) is 10.8 Å². The van der Waals surface area contributed by atoms with Crippen molar-refractivity contribution >= 4 is 22.9 Å². The molecule has 2 aromatic heterocycles. The summed E-state index contributed by atoms with van der Waals surface area (Å²) in [4.78, 5) is 2.24. The van der Waals surface area contributed by atoms with Crippen molar-refractivity contribution in [1.82, 2.24) is 25.3 Å². The van der Waals surface area contributed by atoms with Crippen LogP contribution in [0.25, 0.3) is 5.65 Å². The molecule has 0 bridgehead atoms. The summed E-state index contributed by atoms with van der Waals surface area (Å²) in [6, 6.07) is 1.82. The van der Waals surface area contributed by atoms with Gasteiger partial charge in [0, 0.05) is 19.2 Å². The number of rotatable bonds is 1. The van der Waals surface area contributed by atoms with Crippen molar-refractivity contribution in [2.75, 3.05) is 18.0 Å². The first-order chi connectivity index (χ1) is 7.34. The van der Waals surface area contributed by atoms with E-state index in [1.807, 2.05) is 6.07 Å². The van der Waals surface area contributed by atoms with Gasteiger partial charge in [0.1, 0.15) is 0 Å². The standard InChI is InChI=1S/C8H9ClN6/c9-7-5-6(14-3-1-2-4-14)8-10-12-13-15(8)11-7/h5H,1-4H2. The van der Waals surface area contributed by atoms with E-state index in [-0.39, 0.29) is 0 Å². The first-order valence-corrected chi connectivity index (χ1v) is 5.22. The molecule has 6 nitrogen and oxygen atoms in total. The molecule has 1 aliphatic rings. The molecule has 0 aromatic carbocycles. The van der Waals surface area contributed by atoms with E-state index in [1.54, 1.807) is 0 Å². The fraction of sp³-hybridized carbons (Fsp3) is 0.500. The molecule has 15 heavy (non-hydrogen) atoms. The molecular formula is C8H9ClN6. The minimum atomic E-state index is 0.414. The highest BCUT2D eigenvalue weighted by Crippen LogP contribution is 2.25. The molecule has 0 unspecified atom stereocenters. The number of halogens is 1. The number of fused-ring (bicyclic) bond motifs is 1. The molecular weight excluding hydrogens is 216 g/mol. The second-order valence-corrected chi connectivity index (χ2v) is 3.93. The fourth-order valence-electron chi connectivity index (χ4n) is 1.89. The second-order valence-electron chi connectivity index (χ2n) is 3.54. The predicted octanol–water partition coefficient (Wildman–Crippen LogP) is 0.773. The van der Waals surface area contributed by atoms with Crippen molar-refractivity contribution in [3.63, 3.8) is 0 Å². The molecule has 3 heterocycles. The van der Waals surface area contributed by atoms with E-state index in [2.05, 4.69) is 25.5 Å². The molecule has 0 amide bonds. The zero-order chi connectivity index (χ0) is 10.3. The number of nitrogens with zero attached hydrogens (tertiary/aromatic N) is 6. The summed E-state index contributed by atoms with van der Waals surface area (Å²) >= 11 is 5.91. The number of aromatic nitrogens is 5. The lowest BCUT2D eigenvalue weighted by atomic mass is 10.4. The maximum atomic E-state index is 5.91. The fourth-order valence-corrected chi connectivity index (χ4v) is 2.07. The minimum Gasteiger partial charge on any atom is -0.368 e. The first kappa shape index (κ1) is 8.84. The average molecular weight is 225 g/mol. The summed E-state index contributed by atoms with van der Waals surface area (Å²) in [5.41, 5.74) is 1.64. The van der Waals surface area contributed by atoms with Gasteiger partial charge in [0.05, 0.1) is 5.69 Å². The van der Waals surface area contributed by atoms with Crippen LogP contribution in [0.1, 0.15) is 12.8 Å². The number of tetrazole rings is 1. The summed E-state index contributed by atoms with van der Waals surface area (Å²) in [5.74, 6) is 0. The van der Waals surface area contributed by atoms with Crippen LogP contribution in [0.4, 0.5) is 5.69 Å². The van der Waals surface area contributed by atoms with Crippen LogP contribution in [0, 0.1) is 0 Å². The van der Waals surface area contributed by atoms with Crippen LogP contribution in [0.3, 0.4) is 0 Å². The predicted molar refractivity (Wildman–Crippen MR) is 55.0 cm³/mol. The van der Waals surface area contributed by atoms with Crippen molar-refractivity contribution in [3.8, 4) is 0 Å². The van der Waals surface area contributed by atoms with Crippen molar-refractivity contribution in [1.29, 1.82) is 0 Å². The normalized spacial score (nSPS) is 16.5. The average Bonchev–Trinajstić information content (AvgIpc) is 2.86. The highest BCUT2D eigenvalue weighted by Gasteiger charge is 2.18. The van der Waals surface area contributed by atoms with E-state index in [4.69, 9.17) is 11.6 Å². The van der Waals surface area contributed by atoms with E-state index < -0.39 is 0 Å². The monoisotopic (exact) mass is 224 g/mol. The van der Waals surface area contributed by atoms with Crippen LogP contribution < -0.4 is 4.90 Å². The smallest absolute Gasteiger partial charge is 0.223 e. The third kappa shape index (κ3) is 1.41. The Morgan fingerprint density at radius 3 is 2.87 bits per heavy atom. The number of hydrogen-bond acceptors (Lipinski definition) is 5. The molecule has 78 valence electrons. The third-order valence-corrected chi connectivity index (χ3v) is 2.76. The van der Waals surface area contributed by atoms with Crippen LogP contribution in [0.2, 0.25) is 5.15 Å². The second kappa shape index (κ2) is 3.30. The highest BCUT2D eigenvalue weighted by atomic mass is 35.5. The Kier molecular flexibility index (Phi) is 1.95. The third-order valence-electron chi connectivity index (χ3n) is 2.58. The van der Waals surface area contributed by atoms with Gasteiger partial charge in [-0.15, -0.1) is 14.8 Å². The summed E-state index contributed by atoms with van der Waals surface area (Å²) in [7, 11) is 0. The number of hydrogen-bond donors (Lipinski definition) is 0. The van der Waals surface area contributed by atoms with Gasteiger partial charge in [-0.25, -0.2) is 0 Å². The van der Waals surface area contributed by atoms with Gasteiger partial charge in [-0.1, -0.05) is 11.6 Å². The Balaban J connectivity index is 2.18. The maximum Gasteiger partial charge on any atom is 0.223 e. The van der Waals surface area contributed by atoms with Gasteiger partial charge in [0.25, 0.3) is 0 Å². The summed E-state index contributed by atoms with van der Waals surface area (Å²) in [5, 5.41) is 15.7. The van der Waals surface area contributed by atoms with Gasteiger partial charge in [-0.2, -0.15) is 0 Å². The molecule has 0 aliphatic carbocycles. The summed E-state index contributed by atoms with van der Waals surface area (Å²) in [6.45, 7) is 2.06. The number of anilines is 1. The van der Waals surface area contributed by atoms with Crippen LogP contribution in [0.15, 0.2) is 6.07 Å². The molecule has 1 aliphatic heterocycles. The van der Waals surface area contributed by atoms with Gasteiger partial charge in [0.2, 0.25) is 5.65 Å². The molecule has 0 atom stereocenters. The lowest BCUT2D eigenvalue weighted by molar-refractivity contribution is 0.732. The first-order valence-electron chi connectivity index (χ1n) is 4.84. The van der Waals surface area contributed by atoms with Gasteiger partial charge < -0.3 is 4.90 Å². The Morgan fingerprint density at radius 1 is 1.27 bits per heavy atom. The zero-order valence-corrected chi connectivity index (χ0v) is 8.72. The Labute approximate surface area is 90.8 Å². The van der Waals surface area contributed by atoms with Gasteiger partial charge >= 0.3 is 0 Å². The topological polar surface area (TPSA) is 59.2 Å². The molecule has 0 radical (unpaired) electrons. The van der Waals surface area contributed by atoms with Crippen molar-refractivity contribution < 1.29 is 0 Å². The zero-order valence-electron chi connectivity index (χ0n) is 7.97. The molecule has 3 rings (SSSR count). The largest absolute Gasteiger partial charge is 0.368 e. The van der Waals surface area contributed by atoms with Crippen LogP contribution in [-0.4, -0.2) is 38.3 Å². The molecule has 0 N–H and O–H groups in total. The van der Waals surface area contributed by atoms with Crippen LogP contribution in [-0.2, 0) is 0 Å². The summed E-state index contributed by atoms with van der Waals surface area (Å²) < 4.78 is 1.37. The Morgan fingerprint density at radius 2 is 2.07 bits per heavy atom. The molecule has 0 spiro atoms. The summed E-state index contributed by atoms with van der Waals surface area (Å²) in [6.07, 6.45) is 2.40. The Bertz CT molecular complexity index is 489. The van der Waals surface area contributed by atoms with Gasteiger partial charge in [0.15, 0.2) is 5.15 Å². The van der Waals surface area contributed by atoms with Gasteiger partial charge in [-0.3, -0.25) is 0 Å². The highest BCUT2D eigenvalue weighted by molar-refractivity contribution is 6.29. The molecule has 0 saturated carbocycles. The van der Waals surface area contributed by atoms with E-state index in [9.17, 15) is 0 Å². The van der Waals surface area contributed by atoms with E-state index in [0.717, 1.165) is 18.8 Å². The SMILES string of the molecule is Clc1cc(N2CCCC2)c2nnnn2n1.